The fourth-order valence-corrected chi connectivity index (χ4v) is 3.10. The molecule has 3 aromatic carbocycles. The lowest BCUT2D eigenvalue weighted by Gasteiger charge is -2.16. The Hall–Kier alpha value is -3.44. The van der Waals surface area contributed by atoms with E-state index in [0.717, 1.165) is 11.1 Å². The van der Waals surface area contributed by atoms with E-state index in [9.17, 15) is 5.11 Å². The summed E-state index contributed by atoms with van der Waals surface area (Å²) in [6.45, 7) is 2.85. The second kappa shape index (κ2) is 11.1. The molecule has 1 N–H and O–H groups in total. The number of aliphatic hydroxyl groups is 1. The van der Waals surface area contributed by atoms with Crippen molar-refractivity contribution in [2.24, 2.45) is 0 Å². The van der Waals surface area contributed by atoms with Crippen LogP contribution in [-0.2, 0) is 6.61 Å². The van der Waals surface area contributed by atoms with E-state index in [1.54, 1.807) is 32.4 Å². The normalized spacial score (nSPS) is 11.9. The van der Waals surface area contributed by atoms with Crippen molar-refractivity contribution >= 4 is 6.08 Å². The highest BCUT2D eigenvalue weighted by molar-refractivity contribution is 5.60. The zero-order valence-corrected chi connectivity index (χ0v) is 18.1. The Bertz CT molecular complexity index is 998. The largest absolute Gasteiger partial charge is 0.497 e. The molecule has 0 aromatic heterocycles. The maximum absolute atomic E-state index is 10.9. The van der Waals surface area contributed by atoms with E-state index in [1.807, 2.05) is 67.6 Å². The molecule has 0 aliphatic rings. The van der Waals surface area contributed by atoms with Crippen LogP contribution in [0.4, 0.5) is 0 Å². The van der Waals surface area contributed by atoms with Gasteiger partial charge in [-0.3, -0.25) is 0 Å². The van der Waals surface area contributed by atoms with Crippen LogP contribution in [0.2, 0.25) is 0 Å². The van der Waals surface area contributed by atoms with Crippen LogP contribution in [-0.4, -0.2) is 25.9 Å². The molecule has 1 atom stereocenters. The average Bonchev–Trinajstić information content (AvgIpc) is 2.82. The van der Waals surface area contributed by atoms with Gasteiger partial charge in [0.05, 0.1) is 20.8 Å². The van der Waals surface area contributed by atoms with Gasteiger partial charge >= 0.3 is 0 Å². The number of ether oxygens (including phenoxy) is 4. The summed E-state index contributed by atoms with van der Waals surface area (Å²) >= 11 is 0. The lowest BCUT2D eigenvalue weighted by Crippen LogP contribution is -2.02. The van der Waals surface area contributed by atoms with Gasteiger partial charge in [-0.1, -0.05) is 42.5 Å². The third-order valence-corrected chi connectivity index (χ3v) is 4.76. The quantitative estimate of drug-likeness (QED) is 0.474. The molecule has 0 heterocycles. The van der Waals surface area contributed by atoms with Gasteiger partial charge in [0, 0.05) is 23.3 Å². The van der Waals surface area contributed by atoms with Crippen LogP contribution in [0.3, 0.4) is 0 Å². The van der Waals surface area contributed by atoms with Crippen LogP contribution < -0.4 is 18.9 Å². The Morgan fingerprint density at radius 1 is 0.839 bits per heavy atom. The third-order valence-electron chi connectivity index (χ3n) is 4.76. The molecule has 31 heavy (non-hydrogen) atoms. The Morgan fingerprint density at radius 2 is 1.52 bits per heavy atom. The van der Waals surface area contributed by atoms with Crippen LogP contribution in [0.1, 0.15) is 29.7 Å². The molecule has 0 aliphatic heterocycles. The van der Waals surface area contributed by atoms with Crippen molar-refractivity contribution < 1.29 is 24.1 Å². The lowest BCUT2D eigenvalue weighted by molar-refractivity contribution is 0.217. The highest BCUT2D eigenvalue weighted by Gasteiger charge is 2.13. The van der Waals surface area contributed by atoms with Gasteiger partial charge in [-0.05, 0) is 36.8 Å². The standard InChI is InChI=1S/C26H28O5/c1-4-30-25-16-21(28-2)12-10-20(25)11-15-24(27)23-14-13-22(29-3)17-26(23)31-18-19-8-6-5-7-9-19/h5-17,24,27H,4,18H2,1-3H3. The summed E-state index contributed by atoms with van der Waals surface area (Å²) in [7, 11) is 3.22. The van der Waals surface area contributed by atoms with E-state index in [0.29, 0.717) is 41.8 Å². The monoisotopic (exact) mass is 420 g/mol. The van der Waals surface area contributed by atoms with Crippen molar-refractivity contribution in [3.63, 3.8) is 0 Å². The first-order chi connectivity index (χ1) is 15.1. The van der Waals surface area contributed by atoms with Crippen molar-refractivity contribution in [2.45, 2.75) is 19.6 Å². The molecule has 162 valence electrons. The van der Waals surface area contributed by atoms with Gasteiger partial charge in [0.15, 0.2) is 0 Å². The molecule has 1 unspecified atom stereocenters. The first kappa shape index (κ1) is 22.2. The third kappa shape index (κ3) is 6.03. The highest BCUT2D eigenvalue weighted by Crippen LogP contribution is 2.32. The fourth-order valence-electron chi connectivity index (χ4n) is 3.10. The van der Waals surface area contributed by atoms with Gasteiger partial charge in [0.2, 0.25) is 0 Å². The van der Waals surface area contributed by atoms with Gasteiger partial charge in [-0.25, -0.2) is 0 Å². The molecule has 0 radical (unpaired) electrons. The van der Waals surface area contributed by atoms with E-state index < -0.39 is 6.10 Å². The fraction of sp³-hybridized carbons (Fsp3) is 0.231. The number of methoxy groups -OCH3 is 2. The Labute approximate surface area is 183 Å². The van der Waals surface area contributed by atoms with Crippen molar-refractivity contribution in [3.05, 3.63) is 89.5 Å². The van der Waals surface area contributed by atoms with E-state index >= 15 is 0 Å². The first-order valence-electron chi connectivity index (χ1n) is 10.2. The highest BCUT2D eigenvalue weighted by atomic mass is 16.5. The number of rotatable bonds is 10. The molecule has 0 fully saturated rings. The molecule has 0 saturated carbocycles. The second-order valence-corrected chi connectivity index (χ2v) is 6.82. The molecule has 3 rings (SSSR count). The molecule has 5 heteroatoms. The molecule has 0 amide bonds. The lowest BCUT2D eigenvalue weighted by atomic mass is 10.1. The van der Waals surface area contributed by atoms with Crippen LogP contribution in [0.25, 0.3) is 6.08 Å². The summed E-state index contributed by atoms with van der Waals surface area (Å²) in [6, 6.07) is 20.9. The minimum atomic E-state index is -0.867. The summed E-state index contributed by atoms with van der Waals surface area (Å²) < 4.78 is 22.3. The van der Waals surface area contributed by atoms with E-state index in [4.69, 9.17) is 18.9 Å². The number of hydrogen-bond acceptors (Lipinski definition) is 5. The van der Waals surface area contributed by atoms with Crippen LogP contribution in [0.15, 0.2) is 72.8 Å². The van der Waals surface area contributed by atoms with E-state index in [1.165, 1.54) is 0 Å². The minimum absolute atomic E-state index is 0.393. The first-order valence-corrected chi connectivity index (χ1v) is 10.2. The summed E-state index contributed by atoms with van der Waals surface area (Å²) in [5.74, 6) is 2.64. The number of aliphatic hydroxyl groups excluding tert-OH is 1. The van der Waals surface area contributed by atoms with Gasteiger partial charge in [-0.15, -0.1) is 0 Å². The zero-order chi connectivity index (χ0) is 22.1. The molecule has 0 bridgehead atoms. The van der Waals surface area contributed by atoms with Gasteiger partial charge in [0.1, 0.15) is 35.7 Å². The predicted molar refractivity (Wildman–Crippen MR) is 122 cm³/mol. The predicted octanol–water partition coefficient (Wildman–Crippen LogP) is 5.43. The second-order valence-electron chi connectivity index (χ2n) is 6.82. The molecule has 0 spiro atoms. The zero-order valence-electron chi connectivity index (χ0n) is 18.1. The van der Waals surface area contributed by atoms with Gasteiger partial charge < -0.3 is 24.1 Å². The molecule has 0 aliphatic carbocycles. The molecule has 5 nitrogen and oxygen atoms in total. The van der Waals surface area contributed by atoms with Crippen molar-refractivity contribution in [2.75, 3.05) is 20.8 Å². The van der Waals surface area contributed by atoms with Gasteiger partial charge in [0.25, 0.3) is 0 Å². The van der Waals surface area contributed by atoms with E-state index in [-0.39, 0.29) is 0 Å². The maximum Gasteiger partial charge on any atom is 0.130 e. The molecule has 3 aromatic rings. The Kier molecular flexibility index (Phi) is 7.96. The van der Waals surface area contributed by atoms with Crippen molar-refractivity contribution in [3.8, 4) is 23.0 Å². The summed E-state index contributed by atoms with van der Waals surface area (Å²) in [4.78, 5) is 0. The average molecular weight is 421 g/mol. The van der Waals surface area contributed by atoms with Crippen LogP contribution in [0, 0.1) is 0 Å². The van der Waals surface area contributed by atoms with E-state index in [2.05, 4.69) is 0 Å². The summed E-state index contributed by atoms with van der Waals surface area (Å²) in [6.07, 6.45) is 2.68. The number of hydrogen-bond donors (Lipinski definition) is 1. The maximum atomic E-state index is 10.9. The summed E-state index contributed by atoms with van der Waals surface area (Å²) in [5, 5.41) is 10.9. The SMILES string of the molecule is CCOc1cc(OC)ccc1C=CC(O)c1ccc(OC)cc1OCc1ccccc1. The topological polar surface area (TPSA) is 57.2 Å². The molecular weight excluding hydrogens is 392 g/mol. The summed E-state index contributed by atoms with van der Waals surface area (Å²) in [5.41, 5.74) is 2.54. The smallest absolute Gasteiger partial charge is 0.130 e. The minimum Gasteiger partial charge on any atom is -0.497 e. The number of benzene rings is 3. The molecular formula is C26H28O5. The Morgan fingerprint density at radius 3 is 2.19 bits per heavy atom. The van der Waals surface area contributed by atoms with Gasteiger partial charge in [-0.2, -0.15) is 0 Å². The van der Waals surface area contributed by atoms with Crippen LogP contribution >= 0.6 is 0 Å². The molecule has 0 saturated heterocycles. The Balaban J connectivity index is 1.83. The van der Waals surface area contributed by atoms with Crippen molar-refractivity contribution in [1.82, 2.24) is 0 Å². The van der Waals surface area contributed by atoms with Crippen LogP contribution in [0.5, 0.6) is 23.0 Å². The van der Waals surface area contributed by atoms with Crippen molar-refractivity contribution in [1.29, 1.82) is 0 Å².